The summed E-state index contributed by atoms with van der Waals surface area (Å²) in [5.41, 5.74) is 2.18. The lowest BCUT2D eigenvalue weighted by Gasteiger charge is -2.31. The van der Waals surface area contributed by atoms with Gasteiger partial charge in [0.2, 0.25) is 0 Å². The van der Waals surface area contributed by atoms with E-state index < -0.39 is 12.1 Å². The largest absolute Gasteiger partial charge is 0.391 e. The van der Waals surface area contributed by atoms with Gasteiger partial charge in [0.1, 0.15) is 0 Å². The maximum absolute atomic E-state index is 12.8. The van der Waals surface area contributed by atoms with Crippen LogP contribution in [-0.2, 0) is 6.54 Å². The summed E-state index contributed by atoms with van der Waals surface area (Å²) < 4.78 is 38.4. The van der Waals surface area contributed by atoms with Gasteiger partial charge in [-0.05, 0) is 48.4 Å². The molecule has 0 spiro atoms. The SMILES string of the molecule is FC(F)(F)C1CCCC(NCc2ccc3[nH]ccc3c2)C1. The molecule has 0 radical (unpaired) electrons. The minimum absolute atomic E-state index is 0.0349. The smallest absolute Gasteiger partial charge is 0.361 e. The highest BCUT2D eigenvalue weighted by molar-refractivity contribution is 5.79. The molecule has 0 saturated heterocycles. The quantitative estimate of drug-likeness (QED) is 0.864. The standard InChI is InChI=1S/C16H19F3N2/c17-16(18,19)13-2-1-3-14(9-13)21-10-11-4-5-15-12(8-11)6-7-20-15/h4-8,13-14,20-21H,1-3,9-10H2. The van der Waals surface area contributed by atoms with Crippen LogP contribution in [0.2, 0.25) is 0 Å². The van der Waals surface area contributed by atoms with E-state index in [1.54, 1.807) is 0 Å². The Hall–Kier alpha value is -1.49. The molecule has 3 rings (SSSR count). The molecule has 2 aromatic rings. The lowest BCUT2D eigenvalue weighted by molar-refractivity contribution is -0.183. The van der Waals surface area contributed by atoms with E-state index in [4.69, 9.17) is 0 Å². The van der Waals surface area contributed by atoms with Gasteiger partial charge in [-0.1, -0.05) is 12.5 Å². The van der Waals surface area contributed by atoms with Crippen LogP contribution >= 0.6 is 0 Å². The molecule has 1 aliphatic rings. The molecular formula is C16H19F3N2. The van der Waals surface area contributed by atoms with E-state index in [-0.39, 0.29) is 18.9 Å². The molecule has 2 nitrogen and oxygen atoms in total. The first kappa shape index (κ1) is 14.4. The molecule has 1 heterocycles. The fourth-order valence-electron chi connectivity index (χ4n) is 3.15. The van der Waals surface area contributed by atoms with Crippen molar-refractivity contribution in [2.75, 3.05) is 0 Å². The summed E-state index contributed by atoms with van der Waals surface area (Å²) in [4.78, 5) is 3.13. The van der Waals surface area contributed by atoms with Gasteiger partial charge in [-0.15, -0.1) is 0 Å². The van der Waals surface area contributed by atoms with E-state index in [1.165, 1.54) is 0 Å². The molecule has 2 atom stereocenters. The van der Waals surface area contributed by atoms with Crippen LogP contribution in [0.3, 0.4) is 0 Å². The lowest BCUT2D eigenvalue weighted by atomic mass is 9.85. The van der Waals surface area contributed by atoms with Crippen LogP contribution < -0.4 is 5.32 Å². The van der Waals surface area contributed by atoms with Crippen LogP contribution in [0.5, 0.6) is 0 Å². The molecule has 2 unspecified atom stereocenters. The third-order valence-corrected chi connectivity index (χ3v) is 4.35. The highest BCUT2D eigenvalue weighted by Gasteiger charge is 2.41. The van der Waals surface area contributed by atoms with Crippen LogP contribution in [0.1, 0.15) is 31.2 Å². The van der Waals surface area contributed by atoms with Crippen molar-refractivity contribution in [3.63, 3.8) is 0 Å². The first-order chi connectivity index (χ1) is 10.0. The number of benzene rings is 1. The molecule has 1 aliphatic carbocycles. The van der Waals surface area contributed by atoms with Gasteiger partial charge in [-0.25, -0.2) is 0 Å². The zero-order chi connectivity index (χ0) is 14.9. The third kappa shape index (κ3) is 3.40. The first-order valence-electron chi connectivity index (χ1n) is 7.38. The number of aromatic nitrogens is 1. The van der Waals surface area contributed by atoms with Crippen molar-refractivity contribution < 1.29 is 13.2 Å². The molecule has 1 fully saturated rings. The Kier molecular flexibility index (Phi) is 3.93. The Balaban J connectivity index is 1.59. The molecule has 0 aliphatic heterocycles. The topological polar surface area (TPSA) is 27.8 Å². The molecule has 21 heavy (non-hydrogen) atoms. The molecule has 1 aromatic heterocycles. The molecule has 2 N–H and O–H groups in total. The second-order valence-electron chi connectivity index (χ2n) is 5.88. The summed E-state index contributed by atoms with van der Waals surface area (Å²) in [5, 5.41) is 4.42. The van der Waals surface area contributed by atoms with Gasteiger partial charge in [0.15, 0.2) is 0 Å². The predicted molar refractivity (Wildman–Crippen MR) is 76.9 cm³/mol. The van der Waals surface area contributed by atoms with Gasteiger partial charge in [0.05, 0.1) is 5.92 Å². The third-order valence-electron chi connectivity index (χ3n) is 4.35. The van der Waals surface area contributed by atoms with Crippen molar-refractivity contribution in [3.8, 4) is 0 Å². The molecule has 0 amide bonds. The first-order valence-corrected chi connectivity index (χ1v) is 7.38. The Labute approximate surface area is 121 Å². The van der Waals surface area contributed by atoms with Gasteiger partial charge in [0, 0.05) is 24.3 Å². The minimum Gasteiger partial charge on any atom is -0.361 e. The average Bonchev–Trinajstić information content (AvgIpc) is 2.92. The summed E-state index contributed by atoms with van der Waals surface area (Å²) >= 11 is 0. The van der Waals surface area contributed by atoms with Crippen molar-refractivity contribution >= 4 is 10.9 Å². The van der Waals surface area contributed by atoms with Crippen LogP contribution in [0.15, 0.2) is 30.5 Å². The number of aromatic amines is 1. The number of rotatable bonds is 3. The van der Waals surface area contributed by atoms with Crippen molar-refractivity contribution in [1.82, 2.24) is 10.3 Å². The van der Waals surface area contributed by atoms with Crippen molar-refractivity contribution in [2.45, 2.75) is 44.4 Å². The predicted octanol–water partition coefficient (Wildman–Crippen LogP) is 4.38. The average molecular weight is 296 g/mol. The van der Waals surface area contributed by atoms with Gasteiger partial charge in [0.25, 0.3) is 0 Å². The maximum atomic E-state index is 12.8. The Morgan fingerprint density at radius 2 is 2.05 bits per heavy atom. The van der Waals surface area contributed by atoms with Crippen molar-refractivity contribution in [2.24, 2.45) is 5.92 Å². The molecule has 114 valence electrons. The summed E-state index contributed by atoms with van der Waals surface area (Å²) in [5.74, 6) is -1.14. The summed E-state index contributed by atoms with van der Waals surface area (Å²) in [6.45, 7) is 0.621. The Morgan fingerprint density at radius 1 is 1.19 bits per heavy atom. The zero-order valence-electron chi connectivity index (χ0n) is 11.7. The Morgan fingerprint density at radius 3 is 2.86 bits per heavy atom. The van der Waals surface area contributed by atoms with E-state index in [0.717, 1.165) is 22.9 Å². The van der Waals surface area contributed by atoms with Gasteiger partial charge in [-0.3, -0.25) is 0 Å². The summed E-state index contributed by atoms with van der Waals surface area (Å²) in [7, 11) is 0. The minimum atomic E-state index is -4.05. The fraction of sp³-hybridized carbons (Fsp3) is 0.500. The second kappa shape index (κ2) is 5.72. The number of halogens is 3. The van der Waals surface area contributed by atoms with Crippen LogP contribution in [0.4, 0.5) is 13.2 Å². The number of H-pyrrole nitrogens is 1. The van der Waals surface area contributed by atoms with E-state index in [1.807, 2.05) is 24.4 Å². The second-order valence-corrected chi connectivity index (χ2v) is 5.88. The van der Waals surface area contributed by atoms with Gasteiger partial charge < -0.3 is 10.3 Å². The van der Waals surface area contributed by atoms with E-state index in [2.05, 4.69) is 16.4 Å². The highest BCUT2D eigenvalue weighted by atomic mass is 19.4. The normalized spacial score (nSPS) is 23.6. The number of nitrogens with one attached hydrogen (secondary N) is 2. The summed E-state index contributed by atoms with van der Waals surface area (Å²) in [6, 6.07) is 8.05. The number of alkyl halides is 3. The molecule has 1 aromatic carbocycles. The number of hydrogen-bond acceptors (Lipinski definition) is 1. The number of hydrogen-bond donors (Lipinski definition) is 2. The highest BCUT2D eigenvalue weighted by Crippen LogP contribution is 2.37. The molecule has 5 heteroatoms. The van der Waals surface area contributed by atoms with Crippen molar-refractivity contribution in [1.29, 1.82) is 0 Å². The summed E-state index contributed by atoms with van der Waals surface area (Å²) in [6.07, 6.45) is -0.203. The van der Waals surface area contributed by atoms with Gasteiger partial charge in [-0.2, -0.15) is 13.2 Å². The molecule has 0 bridgehead atoms. The number of fused-ring (bicyclic) bond motifs is 1. The van der Waals surface area contributed by atoms with Crippen LogP contribution in [0.25, 0.3) is 10.9 Å². The maximum Gasteiger partial charge on any atom is 0.391 e. The monoisotopic (exact) mass is 296 g/mol. The van der Waals surface area contributed by atoms with Crippen LogP contribution in [0, 0.1) is 5.92 Å². The lowest BCUT2D eigenvalue weighted by Crippen LogP contribution is -2.38. The Bertz CT molecular complexity index is 603. The molecular weight excluding hydrogens is 277 g/mol. The van der Waals surface area contributed by atoms with Gasteiger partial charge >= 0.3 is 6.18 Å². The van der Waals surface area contributed by atoms with E-state index in [0.29, 0.717) is 13.0 Å². The zero-order valence-corrected chi connectivity index (χ0v) is 11.7. The molecule has 1 saturated carbocycles. The van der Waals surface area contributed by atoms with E-state index >= 15 is 0 Å². The van der Waals surface area contributed by atoms with Crippen LogP contribution in [-0.4, -0.2) is 17.2 Å². The van der Waals surface area contributed by atoms with E-state index in [9.17, 15) is 13.2 Å². The fourth-order valence-corrected chi connectivity index (χ4v) is 3.15. The van der Waals surface area contributed by atoms with Crippen molar-refractivity contribution in [3.05, 3.63) is 36.0 Å².